The fourth-order valence-corrected chi connectivity index (χ4v) is 3.48. The Morgan fingerprint density at radius 3 is 2.69 bits per heavy atom. The number of carbonyl (C=O) groups is 2. The summed E-state index contributed by atoms with van der Waals surface area (Å²) < 4.78 is 5.73. The third-order valence-electron chi connectivity index (χ3n) is 4.91. The number of carboxylic acid groups (broad SMARTS) is 1. The van der Waals surface area contributed by atoms with Gasteiger partial charge in [-0.3, -0.25) is 9.59 Å². The van der Waals surface area contributed by atoms with Crippen LogP contribution in [0.3, 0.4) is 0 Å². The maximum atomic E-state index is 12.6. The topological polar surface area (TPSA) is 121 Å². The maximum Gasteiger partial charge on any atom is 0.315 e. The molecule has 1 saturated heterocycles. The monoisotopic (exact) mass is 399 g/mol. The van der Waals surface area contributed by atoms with Gasteiger partial charge in [-0.05, 0) is 36.5 Å². The van der Waals surface area contributed by atoms with Gasteiger partial charge in [0.15, 0.2) is 0 Å². The molecule has 2 amide bonds. The van der Waals surface area contributed by atoms with E-state index in [1.807, 2.05) is 30.3 Å². The molecule has 1 fully saturated rings. The number of aromatic nitrogens is 1. The maximum absolute atomic E-state index is 12.6. The Kier molecular flexibility index (Phi) is 7.02. The molecule has 8 heteroatoms. The van der Waals surface area contributed by atoms with Crippen molar-refractivity contribution in [3.8, 4) is 0 Å². The molecule has 1 aromatic carbocycles. The van der Waals surface area contributed by atoms with Gasteiger partial charge in [-0.15, -0.1) is 0 Å². The van der Waals surface area contributed by atoms with E-state index < -0.39 is 5.97 Å². The Morgan fingerprint density at radius 2 is 2.00 bits per heavy atom. The number of pyridine rings is 1. The van der Waals surface area contributed by atoms with E-state index in [0.717, 1.165) is 11.1 Å². The van der Waals surface area contributed by atoms with Crippen LogP contribution in [-0.2, 0) is 16.0 Å². The number of hydrogen-bond donors (Lipinski definition) is 4. The summed E-state index contributed by atoms with van der Waals surface area (Å²) >= 11 is 0. The molecule has 0 radical (unpaired) electrons. The summed E-state index contributed by atoms with van der Waals surface area (Å²) in [7, 11) is 0. The van der Waals surface area contributed by atoms with Crippen LogP contribution in [0.2, 0.25) is 0 Å². The second kappa shape index (κ2) is 9.88. The van der Waals surface area contributed by atoms with Crippen molar-refractivity contribution in [1.29, 1.82) is 0 Å². The first kappa shape index (κ1) is 20.6. The highest BCUT2D eigenvalue weighted by atomic mass is 16.5. The van der Waals surface area contributed by atoms with Crippen LogP contribution in [0.1, 0.15) is 36.5 Å². The number of carbonyl (C=O) groups excluding carboxylic acids is 1. The summed E-state index contributed by atoms with van der Waals surface area (Å²) in [5, 5.41) is 14.8. The number of rotatable bonds is 8. The molecule has 0 spiro atoms. The zero-order valence-electron chi connectivity index (χ0n) is 16.0. The Morgan fingerprint density at radius 1 is 1.21 bits per heavy atom. The molecule has 4 N–H and O–H groups in total. The van der Waals surface area contributed by atoms with Gasteiger partial charge in [-0.2, -0.15) is 0 Å². The van der Waals surface area contributed by atoms with E-state index in [1.165, 1.54) is 6.07 Å². The molecule has 0 saturated carbocycles. The molecule has 154 valence electrons. The van der Waals surface area contributed by atoms with Crippen LogP contribution in [0.5, 0.6) is 0 Å². The van der Waals surface area contributed by atoms with Crippen LogP contribution in [0, 0.1) is 0 Å². The van der Waals surface area contributed by atoms with Crippen LogP contribution >= 0.6 is 0 Å². The predicted octanol–water partition coefficient (Wildman–Crippen LogP) is 1.98. The molecule has 2 heterocycles. The number of aromatic amines is 1. The van der Waals surface area contributed by atoms with E-state index in [2.05, 4.69) is 15.6 Å². The van der Waals surface area contributed by atoms with Gasteiger partial charge in [0.25, 0.3) is 0 Å². The minimum atomic E-state index is -0.896. The molecule has 1 aliphatic heterocycles. The highest BCUT2D eigenvalue weighted by Gasteiger charge is 2.31. The Labute approximate surface area is 168 Å². The second-order valence-electron chi connectivity index (χ2n) is 7.11. The van der Waals surface area contributed by atoms with Crippen molar-refractivity contribution in [3.63, 3.8) is 0 Å². The number of urea groups is 1. The average Bonchev–Trinajstić information content (AvgIpc) is 3.15. The molecule has 0 bridgehead atoms. The summed E-state index contributed by atoms with van der Waals surface area (Å²) in [5.41, 5.74) is 1.62. The largest absolute Gasteiger partial charge is 0.481 e. The lowest BCUT2D eigenvalue weighted by molar-refractivity contribution is -0.137. The van der Waals surface area contributed by atoms with Crippen molar-refractivity contribution >= 4 is 12.0 Å². The van der Waals surface area contributed by atoms with Gasteiger partial charge in [0.05, 0.1) is 6.04 Å². The Balaban J connectivity index is 1.61. The number of nitrogens with one attached hydrogen (secondary N) is 3. The molecule has 1 aromatic heterocycles. The second-order valence-corrected chi connectivity index (χ2v) is 7.11. The van der Waals surface area contributed by atoms with E-state index >= 15 is 0 Å². The third-order valence-corrected chi connectivity index (χ3v) is 4.91. The zero-order chi connectivity index (χ0) is 20.6. The van der Waals surface area contributed by atoms with Gasteiger partial charge >= 0.3 is 12.0 Å². The van der Waals surface area contributed by atoms with Gasteiger partial charge in [0.2, 0.25) is 5.56 Å². The molecule has 3 atom stereocenters. The van der Waals surface area contributed by atoms with E-state index in [0.29, 0.717) is 25.9 Å². The lowest BCUT2D eigenvalue weighted by Gasteiger charge is -2.23. The number of H-pyrrole nitrogens is 1. The standard InChI is InChI=1S/C21H25N3O5/c25-18-8-6-15(13-22-18)20-17(10-11-29-20)24-21(28)23-16(7-9-19(26)27)12-14-4-2-1-3-5-14/h1-6,8,13,16-17,20H,7,9-12H2,(H,22,25)(H,26,27)(H2,23,24,28)/t16?,17-,20+/m1/s1. The lowest BCUT2D eigenvalue weighted by atomic mass is 10.0. The highest BCUT2D eigenvalue weighted by Crippen LogP contribution is 2.28. The van der Waals surface area contributed by atoms with Crippen molar-refractivity contribution in [2.75, 3.05) is 6.61 Å². The molecule has 2 aromatic rings. The zero-order valence-corrected chi connectivity index (χ0v) is 16.0. The summed E-state index contributed by atoms with van der Waals surface area (Å²) in [5.74, 6) is -0.896. The molecular weight excluding hydrogens is 374 g/mol. The molecule has 0 aliphatic carbocycles. The van der Waals surface area contributed by atoms with Crippen LogP contribution in [0.15, 0.2) is 53.5 Å². The molecule has 1 aliphatic rings. The first-order valence-electron chi connectivity index (χ1n) is 9.64. The van der Waals surface area contributed by atoms with Gasteiger partial charge in [0, 0.05) is 31.3 Å². The van der Waals surface area contributed by atoms with E-state index in [9.17, 15) is 14.4 Å². The number of ether oxygens (including phenoxy) is 1. The quantitative estimate of drug-likeness (QED) is 0.541. The first-order chi connectivity index (χ1) is 14.0. The van der Waals surface area contributed by atoms with Crippen LogP contribution in [0.4, 0.5) is 4.79 Å². The van der Waals surface area contributed by atoms with Crippen LogP contribution in [-0.4, -0.2) is 40.8 Å². The van der Waals surface area contributed by atoms with Gasteiger partial charge in [-0.1, -0.05) is 30.3 Å². The predicted molar refractivity (Wildman–Crippen MR) is 107 cm³/mol. The van der Waals surface area contributed by atoms with Gasteiger partial charge in [0.1, 0.15) is 6.10 Å². The minimum absolute atomic E-state index is 0.0235. The highest BCUT2D eigenvalue weighted by molar-refractivity contribution is 5.75. The van der Waals surface area contributed by atoms with Gasteiger partial charge < -0.3 is 25.5 Å². The fourth-order valence-electron chi connectivity index (χ4n) is 3.48. The number of hydrogen-bond acceptors (Lipinski definition) is 4. The lowest BCUT2D eigenvalue weighted by Crippen LogP contribution is -2.47. The summed E-state index contributed by atoms with van der Waals surface area (Å²) in [6.45, 7) is 0.501. The smallest absolute Gasteiger partial charge is 0.315 e. The van der Waals surface area contributed by atoms with Crippen molar-refractivity contribution in [2.24, 2.45) is 0 Å². The Hall–Kier alpha value is -3.13. The number of carboxylic acids is 1. The normalized spacial score (nSPS) is 19.4. The average molecular weight is 399 g/mol. The molecule has 29 heavy (non-hydrogen) atoms. The summed E-state index contributed by atoms with van der Waals surface area (Å²) in [4.78, 5) is 37.4. The fraction of sp³-hybridized carbons (Fsp3) is 0.381. The van der Waals surface area contributed by atoms with E-state index in [4.69, 9.17) is 9.84 Å². The van der Waals surface area contributed by atoms with E-state index in [-0.39, 0.29) is 36.2 Å². The van der Waals surface area contributed by atoms with Crippen LogP contribution < -0.4 is 16.2 Å². The molecule has 8 nitrogen and oxygen atoms in total. The van der Waals surface area contributed by atoms with Crippen molar-refractivity contribution in [3.05, 3.63) is 70.1 Å². The number of benzene rings is 1. The summed E-state index contributed by atoms with van der Waals surface area (Å²) in [6, 6.07) is 11.8. The molecule has 1 unspecified atom stereocenters. The van der Waals surface area contributed by atoms with Crippen LogP contribution in [0.25, 0.3) is 0 Å². The SMILES string of the molecule is O=C(O)CCC(Cc1ccccc1)NC(=O)N[C@@H]1CCO[C@H]1c1ccc(=O)[nH]c1. The number of aliphatic carboxylic acids is 1. The van der Waals surface area contributed by atoms with E-state index in [1.54, 1.807) is 12.3 Å². The first-order valence-corrected chi connectivity index (χ1v) is 9.64. The van der Waals surface area contributed by atoms with Crippen molar-refractivity contribution < 1.29 is 19.4 Å². The Bertz CT molecular complexity index is 863. The molecular formula is C21H25N3O5. The number of amides is 2. The molecule has 3 rings (SSSR count). The summed E-state index contributed by atoms with van der Waals surface area (Å²) in [6.07, 6.45) is 2.76. The van der Waals surface area contributed by atoms with Crippen molar-refractivity contribution in [2.45, 2.75) is 43.9 Å². The van der Waals surface area contributed by atoms with Crippen molar-refractivity contribution in [1.82, 2.24) is 15.6 Å². The van der Waals surface area contributed by atoms with Gasteiger partial charge in [-0.25, -0.2) is 4.79 Å². The minimum Gasteiger partial charge on any atom is -0.481 e. The third kappa shape index (κ3) is 6.18.